The number of carbonyl (C=O) groups is 1. The van der Waals surface area contributed by atoms with Gasteiger partial charge in [-0.05, 0) is 6.42 Å². The Morgan fingerprint density at radius 2 is 2.00 bits per heavy atom. The van der Waals surface area contributed by atoms with Crippen LogP contribution in [0.2, 0.25) is 0 Å². The summed E-state index contributed by atoms with van der Waals surface area (Å²) in [4.78, 5) is 15.3. The van der Waals surface area contributed by atoms with Gasteiger partial charge in [-0.2, -0.15) is 0 Å². The first-order chi connectivity index (χ1) is 6.27. The summed E-state index contributed by atoms with van der Waals surface area (Å²) in [7, 11) is 0. The molecule has 1 N–H and O–H groups in total. The molecule has 1 aliphatic heterocycles. The van der Waals surface area contributed by atoms with Gasteiger partial charge in [0.1, 0.15) is 0 Å². The van der Waals surface area contributed by atoms with Crippen molar-refractivity contribution in [2.24, 2.45) is 0 Å². The summed E-state index contributed by atoms with van der Waals surface area (Å²) in [6.45, 7) is 5.17. The highest BCUT2D eigenvalue weighted by Crippen LogP contribution is 2.03. The van der Waals surface area contributed by atoms with Crippen LogP contribution in [0.3, 0.4) is 0 Å². The van der Waals surface area contributed by atoms with Crippen molar-refractivity contribution in [2.45, 2.75) is 19.8 Å². The Morgan fingerprint density at radius 3 is 2.46 bits per heavy atom. The maximum atomic E-state index is 11.4. The molecule has 0 radical (unpaired) electrons. The zero-order chi connectivity index (χ0) is 9.68. The third kappa shape index (κ3) is 2.72. The first-order valence-electron chi connectivity index (χ1n) is 4.80. The van der Waals surface area contributed by atoms with E-state index in [2.05, 4.69) is 0 Å². The third-order valence-electron chi connectivity index (χ3n) is 2.31. The van der Waals surface area contributed by atoms with Crippen LogP contribution in [-0.2, 0) is 4.79 Å². The van der Waals surface area contributed by atoms with Gasteiger partial charge in [-0.15, -0.1) is 0 Å². The molecule has 0 unspecified atom stereocenters. The molecule has 0 spiro atoms. The SMILES string of the molecule is CCCC(=O)N1CCN(C=N)CC1. The van der Waals surface area contributed by atoms with Gasteiger partial charge in [0.05, 0.1) is 6.34 Å². The second-order valence-corrected chi connectivity index (χ2v) is 3.30. The highest BCUT2D eigenvalue weighted by atomic mass is 16.2. The second-order valence-electron chi connectivity index (χ2n) is 3.30. The molecule has 0 aromatic carbocycles. The molecule has 0 bridgehead atoms. The number of piperazine rings is 1. The summed E-state index contributed by atoms with van der Waals surface area (Å²) >= 11 is 0. The number of nitrogens with zero attached hydrogens (tertiary/aromatic N) is 2. The summed E-state index contributed by atoms with van der Waals surface area (Å²) < 4.78 is 0. The topological polar surface area (TPSA) is 47.4 Å². The molecule has 0 saturated carbocycles. The Kier molecular flexibility index (Phi) is 3.73. The number of amides is 1. The van der Waals surface area contributed by atoms with Crippen molar-refractivity contribution < 1.29 is 4.79 Å². The second kappa shape index (κ2) is 4.84. The highest BCUT2D eigenvalue weighted by Gasteiger charge is 2.18. The van der Waals surface area contributed by atoms with Crippen LogP contribution in [0.5, 0.6) is 0 Å². The molecule has 0 aromatic rings. The molecule has 1 aliphatic rings. The van der Waals surface area contributed by atoms with E-state index in [1.165, 1.54) is 6.34 Å². The molecule has 4 nitrogen and oxygen atoms in total. The summed E-state index contributed by atoms with van der Waals surface area (Å²) in [5, 5.41) is 7.05. The van der Waals surface area contributed by atoms with Gasteiger partial charge in [0.2, 0.25) is 5.91 Å². The molecular weight excluding hydrogens is 166 g/mol. The maximum absolute atomic E-state index is 11.4. The normalized spacial score (nSPS) is 17.3. The quantitative estimate of drug-likeness (QED) is 0.512. The van der Waals surface area contributed by atoms with E-state index in [4.69, 9.17) is 5.41 Å². The molecular formula is C9H17N3O. The van der Waals surface area contributed by atoms with Crippen LogP contribution in [0.1, 0.15) is 19.8 Å². The Hall–Kier alpha value is -1.06. The minimum atomic E-state index is 0.257. The van der Waals surface area contributed by atoms with E-state index in [1.807, 2.05) is 16.7 Å². The molecule has 1 heterocycles. The van der Waals surface area contributed by atoms with E-state index in [1.54, 1.807) is 0 Å². The molecule has 4 heteroatoms. The largest absolute Gasteiger partial charge is 0.360 e. The van der Waals surface area contributed by atoms with Gasteiger partial charge in [-0.3, -0.25) is 10.2 Å². The molecule has 1 saturated heterocycles. The van der Waals surface area contributed by atoms with Crippen LogP contribution in [0.25, 0.3) is 0 Å². The Bertz CT molecular complexity index is 185. The third-order valence-corrected chi connectivity index (χ3v) is 2.31. The molecule has 0 atom stereocenters. The first kappa shape index (κ1) is 10.0. The van der Waals surface area contributed by atoms with Crippen molar-refractivity contribution in [1.82, 2.24) is 9.80 Å². The number of nitrogens with one attached hydrogen (secondary N) is 1. The molecule has 1 rings (SSSR count). The predicted molar refractivity (Wildman–Crippen MR) is 51.8 cm³/mol. The standard InChI is InChI=1S/C9H17N3O/c1-2-3-9(13)12-6-4-11(8-10)5-7-12/h8,10H,2-7H2,1H3. The average Bonchev–Trinajstić information content (AvgIpc) is 2.18. The Balaban J connectivity index is 2.31. The highest BCUT2D eigenvalue weighted by molar-refractivity contribution is 5.76. The van der Waals surface area contributed by atoms with E-state index in [0.29, 0.717) is 6.42 Å². The number of hydrogen-bond donors (Lipinski definition) is 1. The van der Waals surface area contributed by atoms with E-state index in [0.717, 1.165) is 32.6 Å². The molecule has 0 aromatic heterocycles. The van der Waals surface area contributed by atoms with Crippen molar-refractivity contribution in [3.8, 4) is 0 Å². The first-order valence-corrected chi connectivity index (χ1v) is 4.80. The predicted octanol–water partition coefficient (Wildman–Crippen LogP) is 0.538. The van der Waals surface area contributed by atoms with Crippen LogP contribution >= 0.6 is 0 Å². The lowest BCUT2D eigenvalue weighted by Gasteiger charge is -2.33. The molecule has 1 amide bonds. The fourth-order valence-corrected chi connectivity index (χ4v) is 1.47. The van der Waals surface area contributed by atoms with Crippen molar-refractivity contribution >= 4 is 12.2 Å². The number of carbonyl (C=O) groups excluding carboxylic acids is 1. The van der Waals surface area contributed by atoms with Crippen LogP contribution in [0, 0.1) is 5.41 Å². The average molecular weight is 183 g/mol. The summed E-state index contributed by atoms with van der Waals surface area (Å²) in [6, 6.07) is 0. The maximum Gasteiger partial charge on any atom is 0.222 e. The Labute approximate surface area is 79.0 Å². The van der Waals surface area contributed by atoms with E-state index >= 15 is 0 Å². The minimum Gasteiger partial charge on any atom is -0.360 e. The number of rotatable bonds is 3. The van der Waals surface area contributed by atoms with Gasteiger partial charge in [0, 0.05) is 32.6 Å². The van der Waals surface area contributed by atoms with Crippen LogP contribution in [-0.4, -0.2) is 48.2 Å². The van der Waals surface area contributed by atoms with Crippen LogP contribution in [0.15, 0.2) is 0 Å². The Morgan fingerprint density at radius 1 is 1.38 bits per heavy atom. The van der Waals surface area contributed by atoms with Crippen LogP contribution in [0.4, 0.5) is 0 Å². The molecule has 74 valence electrons. The van der Waals surface area contributed by atoms with E-state index < -0.39 is 0 Å². The monoisotopic (exact) mass is 183 g/mol. The van der Waals surface area contributed by atoms with Gasteiger partial charge in [0.15, 0.2) is 0 Å². The lowest BCUT2D eigenvalue weighted by atomic mass is 10.2. The summed E-state index contributed by atoms with van der Waals surface area (Å²) in [5.41, 5.74) is 0. The lowest BCUT2D eigenvalue weighted by molar-refractivity contribution is -0.132. The van der Waals surface area contributed by atoms with E-state index in [9.17, 15) is 4.79 Å². The van der Waals surface area contributed by atoms with Crippen molar-refractivity contribution in [3.05, 3.63) is 0 Å². The van der Waals surface area contributed by atoms with Gasteiger partial charge in [-0.1, -0.05) is 6.92 Å². The zero-order valence-electron chi connectivity index (χ0n) is 8.12. The smallest absolute Gasteiger partial charge is 0.222 e. The minimum absolute atomic E-state index is 0.257. The van der Waals surface area contributed by atoms with Crippen molar-refractivity contribution in [1.29, 1.82) is 5.41 Å². The molecule has 13 heavy (non-hydrogen) atoms. The van der Waals surface area contributed by atoms with E-state index in [-0.39, 0.29) is 5.91 Å². The van der Waals surface area contributed by atoms with Gasteiger partial charge in [-0.25, -0.2) is 0 Å². The van der Waals surface area contributed by atoms with Crippen molar-refractivity contribution in [2.75, 3.05) is 26.2 Å². The number of hydrogen-bond acceptors (Lipinski definition) is 2. The van der Waals surface area contributed by atoms with Crippen molar-refractivity contribution in [3.63, 3.8) is 0 Å². The molecule has 1 fully saturated rings. The molecule has 0 aliphatic carbocycles. The fourth-order valence-electron chi connectivity index (χ4n) is 1.47. The van der Waals surface area contributed by atoms with Crippen LogP contribution < -0.4 is 0 Å². The van der Waals surface area contributed by atoms with Gasteiger partial charge < -0.3 is 9.80 Å². The summed E-state index contributed by atoms with van der Waals surface area (Å²) in [6.07, 6.45) is 2.93. The zero-order valence-corrected chi connectivity index (χ0v) is 8.12. The fraction of sp³-hybridized carbons (Fsp3) is 0.778. The lowest BCUT2D eigenvalue weighted by Crippen LogP contribution is -2.47. The van der Waals surface area contributed by atoms with Gasteiger partial charge >= 0.3 is 0 Å². The summed E-state index contributed by atoms with van der Waals surface area (Å²) in [5.74, 6) is 0.257. The van der Waals surface area contributed by atoms with Gasteiger partial charge in [0.25, 0.3) is 0 Å².